The molecule has 1 aromatic rings. The van der Waals surface area contributed by atoms with Gasteiger partial charge in [0.15, 0.2) is 0 Å². The molecule has 1 fully saturated rings. The van der Waals surface area contributed by atoms with Gasteiger partial charge in [0.05, 0.1) is 0 Å². The van der Waals surface area contributed by atoms with Gasteiger partial charge in [-0.25, -0.2) is 0 Å². The third-order valence-corrected chi connectivity index (χ3v) is 4.53. The highest BCUT2D eigenvalue weighted by Gasteiger charge is 2.15. The van der Waals surface area contributed by atoms with Crippen molar-refractivity contribution in [3.63, 3.8) is 0 Å². The van der Waals surface area contributed by atoms with Crippen molar-refractivity contribution in [2.45, 2.75) is 18.2 Å². The van der Waals surface area contributed by atoms with Gasteiger partial charge in [0, 0.05) is 48.9 Å². The van der Waals surface area contributed by atoms with E-state index in [0.717, 1.165) is 43.2 Å². The lowest BCUT2D eigenvalue weighted by molar-refractivity contribution is -0.131. The van der Waals surface area contributed by atoms with Crippen molar-refractivity contribution in [2.75, 3.05) is 37.7 Å². The number of nitrogen functional groups attached to an aromatic ring is 1. The fourth-order valence-electron chi connectivity index (χ4n) is 2.11. The third kappa shape index (κ3) is 3.88. The molecule has 4 nitrogen and oxygen atoms in total. The Hall–Kier alpha value is -1.20. The molecule has 0 bridgehead atoms. The predicted molar refractivity (Wildman–Crippen MR) is 80.4 cm³/mol. The highest BCUT2D eigenvalue weighted by molar-refractivity contribution is 7.99. The number of amides is 1. The quantitative estimate of drug-likeness (QED) is 0.647. The van der Waals surface area contributed by atoms with Gasteiger partial charge >= 0.3 is 0 Å². The maximum absolute atomic E-state index is 12.0. The molecule has 104 valence electrons. The summed E-state index contributed by atoms with van der Waals surface area (Å²) in [5.41, 5.74) is 7.80. The van der Waals surface area contributed by atoms with E-state index in [4.69, 9.17) is 5.73 Å². The summed E-state index contributed by atoms with van der Waals surface area (Å²) in [4.78, 5) is 15.1. The maximum atomic E-state index is 12.0. The van der Waals surface area contributed by atoms with Gasteiger partial charge in [0.2, 0.25) is 5.91 Å². The van der Waals surface area contributed by atoms with E-state index >= 15 is 0 Å². The zero-order chi connectivity index (χ0) is 13.7. The fraction of sp³-hybridized carbons (Fsp3) is 0.500. The smallest absolute Gasteiger partial charge is 0.223 e. The van der Waals surface area contributed by atoms with Crippen LogP contribution in [0.5, 0.6) is 0 Å². The van der Waals surface area contributed by atoms with Crippen molar-refractivity contribution in [1.82, 2.24) is 10.2 Å². The Morgan fingerprint density at radius 2 is 2.16 bits per heavy atom. The van der Waals surface area contributed by atoms with Gasteiger partial charge in [0.1, 0.15) is 0 Å². The monoisotopic (exact) mass is 279 g/mol. The first kappa shape index (κ1) is 14.2. The van der Waals surface area contributed by atoms with Crippen LogP contribution in [0.1, 0.15) is 12.0 Å². The minimum atomic E-state index is 0.260. The summed E-state index contributed by atoms with van der Waals surface area (Å²) >= 11 is 1.71. The number of benzene rings is 1. The molecule has 19 heavy (non-hydrogen) atoms. The zero-order valence-corrected chi connectivity index (χ0v) is 12.1. The second kappa shape index (κ2) is 6.82. The number of nitrogens with one attached hydrogen (secondary N) is 1. The van der Waals surface area contributed by atoms with E-state index in [1.807, 2.05) is 24.0 Å². The second-order valence-electron chi connectivity index (χ2n) is 4.70. The van der Waals surface area contributed by atoms with Crippen LogP contribution in [0.4, 0.5) is 5.69 Å². The van der Waals surface area contributed by atoms with Crippen LogP contribution in [-0.2, 0) is 4.79 Å². The molecule has 1 aromatic carbocycles. The van der Waals surface area contributed by atoms with Gasteiger partial charge in [-0.05, 0) is 24.6 Å². The summed E-state index contributed by atoms with van der Waals surface area (Å²) in [6.45, 7) is 5.51. The Morgan fingerprint density at radius 1 is 1.42 bits per heavy atom. The van der Waals surface area contributed by atoms with Crippen molar-refractivity contribution in [3.05, 3.63) is 23.8 Å². The molecule has 0 spiro atoms. The van der Waals surface area contributed by atoms with Gasteiger partial charge in [-0.2, -0.15) is 0 Å². The molecule has 1 aliphatic rings. The van der Waals surface area contributed by atoms with Crippen LogP contribution in [0.15, 0.2) is 23.1 Å². The normalized spacial score (nSPS) is 15.5. The van der Waals surface area contributed by atoms with Crippen LogP contribution in [0.2, 0.25) is 0 Å². The summed E-state index contributed by atoms with van der Waals surface area (Å²) in [6, 6.07) is 5.93. The molecule has 0 saturated carbocycles. The first-order valence-electron chi connectivity index (χ1n) is 6.65. The molecule has 1 amide bonds. The molecule has 0 aliphatic carbocycles. The Kier molecular flexibility index (Phi) is 5.10. The van der Waals surface area contributed by atoms with Crippen LogP contribution in [0.3, 0.4) is 0 Å². The van der Waals surface area contributed by atoms with Crippen molar-refractivity contribution in [1.29, 1.82) is 0 Å². The Bertz CT molecular complexity index is 444. The lowest BCUT2D eigenvalue weighted by Gasteiger charge is -2.27. The van der Waals surface area contributed by atoms with Crippen molar-refractivity contribution >= 4 is 23.4 Å². The number of carbonyl (C=O) groups excluding carboxylic acids is 1. The number of hydrogen-bond acceptors (Lipinski definition) is 4. The summed E-state index contributed by atoms with van der Waals surface area (Å²) in [7, 11) is 0. The fourth-order valence-corrected chi connectivity index (χ4v) is 3.11. The van der Waals surface area contributed by atoms with E-state index < -0.39 is 0 Å². The first-order valence-corrected chi connectivity index (χ1v) is 7.63. The number of hydrogen-bond donors (Lipinski definition) is 2. The van der Waals surface area contributed by atoms with Gasteiger partial charge in [-0.1, -0.05) is 6.07 Å². The molecular formula is C14H21N3OS. The average molecular weight is 279 g/mol. The van der Waals surface area contributed by atoms with E-state index in [2.05, 4.69) is 11.4 Å². The topological polar surface area (TPSA) is 58.4 Å². The van der Waals surface area contributed by atoms with E-state index in [-0.39, 0.29) is 5.91 Å². The van der Waals surface area contributed by atoms with E-state index in [9.17, 15) is 4.79 Å². The molecular weight excluding hydrogens is 258 g/mol. The lowest BCUT2D eigenvalue weighted by Crippen LogP contribution is -2.46. The van der Waals surface area contributed by atoms with Crippen LogP contribution in [-0.4, -0.2) is 42.7 Å². The van der Waals surface area contributed by atoms with Crippen LogP contribution >= 0.6 is 11.8 Å². The highest BCUT2D eigenvalue weighted by atomic mass is 32.2. The Balaban J connectivity index is 1.79. The van der Waals surface area contributed by atoms with Gasteiger partial charge in [0.25, 0.3) is 0 Å². The molecule has 2 rings (SSSR count). The molecule has 0 radical (unpaired) electrons. The van der Waals surface area contributed by atoms with Gasteiger partial charge in [-0.3, -0.25) is 4.79 Å². The largest absolute Gasteiger partial charge is 0.398 e. The number of nitrogens with zero attached hydrogens (tertiary/aromatic N) is 1. The first-order chi connectivity index (χ1) is 9.18. The minimum Gasteiger partial charge on any atom is -0.398 e. The van der Waals surface area contributed by atoms with E-state index in [1.54, 1.807) is 11.8 Å². The minimum absolute atomic E-state index is 0.260. The standard InChI is InChI=1S/C14H21N3OS/c1-11-12(15)3-2-4-13(11)19-10-5-14(18)17-8-6-16-7-9-17/h2-4,16H,5-10,15H2,1H3. The zero-order valence-electron chi connectivity index (χ0n) is 11.3. The molecule has 3 N–H and O–H groups in total. The summed E-state index contributed by atoms with van der Waals surface area (Å²) in [6.07, 6.45) is 0.596. The predicted octanol–water partition coefficient (Wildman–Crippen LogP) is 1.49. The molecule has 1 aliphatic heterocycles. The maximum Gasteiger partial charge on any atom is 0.223 e. The number of nitrogens with two attached hydrogens (primary N) is 1. The molecule has 1 saturated heterocycles. The van der Waals surface area contributed by atoms with Crippen molar-refractivity contribution in [2.24, 2.45) is 0 Å². The molecule has 1 heterocycles. The van der Waals surface area contributed by atoms with Crippen molar-refractivity contribution in [3.8, 4) is 0 Å². The van der Waals surface area contributed by atoms with Crippen LogP contribution in [0, 0.1) is 6.92 Å². The molecule has 0 atom stereocenters. The SMILES string of the molecule is Cc1c(N)cccc1SCCC(=O)N1CCNCC1. The molecule has 0 aromatic heterocycles. The van der Waals surface area contributed by atoms with Gasteiger partial charge in [-0.15, -0.1) is 11.8 Å². The van der Waals surface area contributed by atoms with Crippen molar-refractivity contribution < 1.29 is 4.79 Å². The summed E-state index contributed by atoms with van der Waals surface area (Å²) < 4.78 is 0. The average Bonchev–Trinajstić information content (AvgIpc) is 2.44. The van der Waals surface area contributed by atoms with E-state index in [1.165, 1.54) is 4.90 Å². The second-order valence-corrected chi connectivity index (χ2v) is 5.84. The number of rotatable bonds is 4. The third-order valence-electron chi connectivity index (χ3n) is 3.37. The Labute approximate surface area is 118 Å². The van der Waals surface area contributed by atoms with Crippen LogP contribution < -0.4 is 11.1 Å². The highest BCUT2D eigenvalue weighted by Crippen LogP contribution is 2.26. The lowest BCUT2D eigenvalue weighted by atomic mass is 10.2. The number of thioether (sulfide) groups is 1. The number of piperazine rings is 1. The van der Waals surface area contributed by atoms with Crippen LogP contribution in [0.25, 0.3) is 0 Å². The Morgan fingerprint density at radius 3 is 2.89 bits per heavy atom. The summed E-state index contributed by atoms with van der Waals surface area (Å²) in [5.74, 6) is 1.07. The molecule has 0 unspecified atom stereocenters. The molecule has 5 heteroatoms. The number of carbonyl (C=O) groups is 1. The van der Waals surface area contributed by atoms with E-state index in [0.29, 0.717) is 6.42 Å². The summed E-state index contributed by atoms with van der Waals surface area (Å²) in [5, 5.41) is 3.25. The van der Waals surface area contributed by atoms with Gasteiger partial charge < -0.3 is 16.0 Å². The number of anilines is 1.